The van der Waals surface area contributed by atoms with Crippen LogP contribution in [0.25, 0.3) is 0 Å². The first-order chi connectivity index (χ1) is 12.0. The minimum atomic E-state index is -0.848. The maximum Gasteiger partial charge on any atom is 0.225 e. The number of rotatable bonds is 7. The van der Waals surface area contributed by atoms with E-state index < -0.39 is 5.92 Å². The molecular weight excluding hydrogens is 378 g/mol. The molecule has 1 atom stereocenters. The van der Waals surface area contributed by atoms with Crippen molar-refractivity contribution < 1.29 is 9.59 Å². The summed E-state index contributed by atoms with van der Waals surface area (Å²) in [5.41, 5.74) is 0.805. The summed E-state index contributed by atoms with van der Waals surface area (Å²) < 4.78 is 0.613. The molecular formula is C15H15N5O2S3. The number of hydrogen-bond acceptors (Lipinski definition) is 9. The van der Waals surface area contributed by atoms with Crippen LogP contribution in [-0.4, -0.2) is 38.7 Å². The van der Waals surface area contributed by atoms with Crippen molar-refractivity contribution in [3.05, 3.63) is 16.1 Å². The maximum absolute atomic E-state index is 12.3. The van der Waals surface area contributed by atoms with Crippen LogP contribution in [0.5, 0.6) is 0 Å². The summed E-state index contributed by atoms with van der Waals surface area (Å²) in [4.78, 5) is 30.0. The Morgan fingerprint density at radius 2 is 2.24 bits per heavy atom. The highest BCUT2D eigenvalue weighted by molar-refractivity contribution is 8.01. The van der Waals surface area contributed by atoms with Crippen molar-refractivity contribution in [2.24, 2.45) is 0 Å². The standard InChI is InChI=1S/C15H15N5O2S3/c1-8-6-23-13(17-8)11(5-16)12(22)7-24-15-19-18-14(25-15)20(9(2)21)10-3-4-10/h6,10-11H,3-4,7H2,1-2H3. The quantitative estimate of drug-likeness (QED) is 0.527. The fourth-order valence-electron chi connectivity index (χ4n) is 2.22. The van der Waals surface area contributed by atoms with E-state index in [9.17, 15) is 14.9 Å². The lowest BCUT2D eigenvalue weighted by atomic mass is 10.1. The average Bonchev–Trinajstić information content (AvgIpc) is 3.12. The molecule has 2 heterocycles. The molecule has 1 unspecified atom stereocenters. The molecule has 0 bridgehead atoms. The van der Waals surface area contributed by atoms with E-state index in [4.69, 9.17) is 0 Å². The molecule has 25 heavy (non-hydrogen) atoms. The number of aromatic nitrogens is 3. The van der Waals surface area contributed by atoms with Crippen molar-refractivity contribution >= 4 is 51.3 Å². The van der Waals surface area contributed by atoms with Gasteiger partial charge in [-0.1, -0.05) is 23.1 Å². The molecule has 1 amide bonds. The molecule has 0 spiro atoms. The molecule has 1 aliphatic carbocycles. The van der Waals surface area contributed by atoms with Crippen molar-refractivity contribution in [3.63, 3.8) is 0 Å². The predicted octanol–water partition coefficient (Wildman–Crippen LogP) is 2.79. The Bertz CT molecular complexity index is 836. The molecule has 0 saturated heterocycles. The van der Waals surface area contributed by atoms with Crippen LogP contribution in [0.1, 0.15) is 36.4 Å². The first kappa shape index (κ1) is 18.0. The van der Waals surface area contributed by atoms with E-state index in [2.05, 4.69) is 15.2 Å². The van der Waals surface area contributed by atoms with Gasteiger partial charge in [0.05, 0.1) is 11.8 Å². The van der Waals surface area contributed by atoms with E-state index in [1.807, 2.05) is 18.4 Å². The normalized spacial score (nSPS) is 14.8. The van der Waals surface area contributed by atoms with E-state index in [1.165, 1.54) is 41.4 Å². The molecule has 3 rings (SSSR count). The monoisotopic (exact) mass is 393 g/mol. The molecule has 130 valence electrons. The summed E-state index contributed by atoms with van der Waals surface area (Å²) in [6, 6.07) is 2.25. The van der Waals surface area contributed by atoms with Gasteiger partial charge < -0.3 is 0 Å². The van der Waals surface area contributed by atoms with Gasteiger partial charge in [0.1, 0.15) is 5.01 Å². The summed E-state index contributed by atoms with van der Waals surface area (Å²) in [7, 11) is 0. The van der Waals surface area contributed by atoms with Gasteiger partial charge >= 0.3 is 0 Å². The van der Waals surface area contributed by atoms with Crippen molar-refractivity contribution in [1.82, 2.24) is 15.2 Å². The first-order valence-electron chi connectivity index (χ1n) is 7.60. The number of anilines is 1. The van der Waals surface area contributed by atoms with Crippen LogP contribution >= 0.6 is 34.4 Å². The van der Waals surface area contributed by atoms with Crippen LogP contribution in [0, 0.1) is 18.3 Å². The second-order valence-corrected chi connectivity index (χ2v) is 8.68. The fraction of sp³-hybridized carbons (Fsp3) is 0.467. The smallest absolute Gasteiger partial charge is 0.225 e. The number of hydrogen-bond donors (Lipinski definition) is 0. The maximum atomic E-state index is 12.3. The number of carbonyl (C=O) groups excluding carboxylic acids is 2. The molecule has 1 fully saturated rings. The molecule has 2 aromatic rings. The van der Waals surface area contributed by atoms with Gasteiger partial charge in [-0.05, 0) is 19.8 Å². The number of ketones is 1. The summed E-state index contributed by atoms with van der Waals surface area (Å²) >= 11 is 3.86. The molecule has 0 aliphatic heterocycles. The summed E-state index contributed by atoms with van der Waals surface area (Å²) in [6.45, 7) is 3.35. The predicted molar refractivity (Wildman–Crippen MR) is 97.0 cm³/mol. The average molecular weight is 394 g/mol. The lowest BCUT2D eigenvalue weighted by Gasteiger charge is -2.15. The number of nitriles is 1. The van der Waals surface area contributed by atoms with Crippen LogP contribution in [0.15, 0.2) is 9.72 Å². The molecule has 0 N–H and O–H groups in total. The molecule has 0 aromatic carbocycles. The van der Waals surface area contributed by atoms with Crippen molar-refractivity contribution in [3.8, 4) is 6.07 Å². The van der Waals surface area contributed by atoms with E-state index >= 15 is 0 Å². The number of carbonyl (C=O) groups is 2. The van der Waals surface area contributed by atoms with Crippen molar-refractivity contribution in [1.29, 1.82) is 5.26 Å². The van der Waals surface area contributed by atoms with Crippen LogP contribution in [-0.2, 0) is 9.59 Å². The Morgan fingerprint density at radius 3 is 2.80 bits per heavy atom. The topological polar surface area (TPSA) is 99.8 Å². The number of amides is 1. The van der Waals surface area contributed by atoms with Crippen LogP contribution in [0.3, 0.4) is 0 Å². The second kappa shape index (κ2) is 7.59. The van der Waals surface area contributed by atoms with Gasteiger partial charge in [0.15, 0.2) is 16.0 Å². The lowest BCUT2D eigenvalue weighted by molar-refractivity contribution is -0.117. The third-order valence-electron chi connectivity index (χ3n) is 3.53. The van der Waals surface area contributed by atoms with Crippen LogP contribution in [0.4, 0.5) is 5.13 Å². The number of Topliss-reactive ketones (excluding diaryl/α,β-unsaturated/α-hetero) is 1. The third kappa shape index (κ3) is 4.23. The van der Waals surface area contributed by atoms with E-state index in [0.29, 0.717) is 14.5 Å². The summed E-state index contributed by atoms with van der Waals surface area (Å²) in [5.74, 6) is -0.979. The Hall–Kier alpha value is -1.83. The molecule has 7 nitrogen and oxygen atoms in total. The minimum Gasteiger partial charge on any atom is -0.297 e. The molecule has 0 radical (unpaired) electrons. The Balaban J connectivity index is 1.62. The third-order valence-corrected chi connectivity index (χ3v) is 6.63. The highest BCUT2D eigenvalue weighted by Crippen LogP contribution is 2.36. The molecule has 1 saturated carbocycles. The van der Waals surface area contributed by atoms with E-state index in [-0.39, 0.29) is 23.5 Å². The SMILES string of the molecule is CC(=O)N(c1nnc(SCC(=O)C(C#N)c2nc(C)cs2)s1)C1CC1. The van der Waals surface area contributed by atoms with Crippen LogP contribution in [0.2, 0.25) is 0 Å². The van der Waals surface area contributed by atoms with E-state index in [1.54, 1.807) is 4.90 Å². The number of aryl methyl sites for hydroxylation is 1. The zero-order valence-electron chi connectivity index (χ0n) is 13.6. The van der Waals surface area contributed by atoms with E-state index in [0.717, 1.165) is 18.5 Å². The second-order valence-electron chi connectivity index (χ2n) is 5.61. The zero-order valence-corrected chi connectivity index (χ0v) is 16.1. The molecule has 10 heteroatoms. The highest BCUT2D eigenvalue weighted by atomic mass is 32.2. The fourth-order valence-corrected chi connectivity index (χ4v) is 4.95. The Labute approximate surface area is 157 Å². The molecule has 2 aromatic heterocycles. The van der Waals surface area contributed by atoms with Crippen molar-refractivity contribution in [2.45, 2.75) is 43.0 Å². The Morgan fingerprint density at radius 1 is 1.48 bits per heavy atom. The van der Waals surface area contributed by atoms with Gasteiger partial charge in [-0.15, -0.1) is 21.5 Å². The first-order valence-corrected chi connectivity index (χ1v) is 10.3. The molecule has 1 aliphatic rings. The zero-order chi connectivity index (χ0) is 18.0. The number of thiazole rings is 1. The van der Waals surface area contributed by atoms with Gasteiger partial charge in [-0.25, -0.2) is 4.98 Å². The van der Waals surface area contributed by atoms with Gasteiger partial charge in [-0.2, -0.15) is 5.26 Å². The lowest BCUT2D eigenvalue weighted by Crippen LogP contribution is -2.30. The minimum absolute atomic E-state index is 0.0463. The van der Waals surface area contributed by atoms with Gasteiger partial charge in [0.2, 0.25) is 11.0 Å². The largest absolute Gasteiger partial charge is 0.297 e. The number of thioether (sulfide) groups is 1. The van der Waals surface area contributed by atoms with Gasteiger partial charge in [0.25, 0.3) is 0 Å². The van der Waals surface area contributed by atoms with Gasteiger partial charge in [-0.3, -0.25) is 14.5 Å². The van der Waals surface area contributed by atoms with Crippen molar-refractivity contribution in [2.75, 3.05) is 10.7 Å². The highest BCUT2D eigenvalue weighted by Gasteiger charge is 2.34. The summed E-state index contributed by atoms with van der Waals surface area (Å²) in [6.07, 6.45) is 1.97. The summed E-state index contributed by atoms with van der Waals surface area (Å²) in [5, 5.41) is 20.3. The Kier molecular flexibility index (Phi) is 5.46. The number of nitrogens with zero attached hydrogens (tertiary/aromatic N) is 5. The van der Waals surface area contributed by atoms with Gasteiger partial charge in [0, 0.05) is 24.0 Å². The van der Waals surface area contributed by atoms with Crippen LogP contribution < -0.4 is 4.90 Å².